The zero-order valence-corrected chi connectivity index (χ0v) is 23.2. The van der Waals surface area contributed by atoms with Crippen LogP contribution in [0.3, 0.4) is 0 Å². The number of imidazole rings is 1. The first kappa shape index (κ1) is 31.3. The maximum atomic E-state index is 14.2. The first-order valence-electron chi connectivity index (χ1n) is 12.2. The Balaban J connectivity index is 0.000000541. The van der Waals surface area contributed by atoms with Gasteiger partial charge in [0.2, 0.25) is 5.88 Å². The second-order valence-corrected chi connectivity index (χ2v) is 10.5. The van der Waals surface area contributed by atoms with Crippen molar-refractivity contribution >= 4 is 38.7 Å². The molecule has 19 heteroatoms. The van der Waals surface area contributed by atoms with Gasteiger partial charge >= 0.3 is 12.1 Å². The lowest BCUT2D eigenvalue weighted by Crippen LogP contribution is -2.44. The Labute approximate surface area is 240 Å². The van der Waals surface area contributed by atoms with Crippen molar-refractivity contribution in [2.75, 3.05) is 42.9 Å². The number of rotatable bonds is 6. The van der Waals surface area contributed by atoms with E-state index in [0.29, 0.717) is 34.4 Å². The van der Waals surface area contributed by atoms with Crippen molar-refractivity contribution in [3.63, 3.8) is 0 Å². The fourth-order valence-corrected chi connectivity index (χ4v) is 5.17. The molecular weight excluding hydrogens is 607 g/mol. The van der Waals surface area contributed by atoms with E-state index in [-0.39, 0.29) is 11.6 Å². The van der Waals surface area contributed by atoms with Crippen LogP contribution in [0.5, 0.6) is 5.88 Å². The van der Waals surface area contributed by atoms with Crippen molar-refractivity contribution in [1.82, 2.24) is 29.8 Å². The quantitative estimate of drug-likeness (QED) is 0.268. The highest BCUT2D eigenvalue weighted by molar-refractivity contribution is 7.92. The Kier molecular flexibility index (Phi) is 8.95. The van der Waals surface area contributed by atoms with Crippen LogP contribution in [0.25, 0.3) is 22.6 Å². The number of carbonyl (C=O) groups is 1. The van der Waals surface area contributed by atoms with Crippen LogP contribution in [-0.4, -0.2) is 83.5 Å². The lowest BCUT2D eigenvalue weighted by molar-refractivity contribution is -0.192. The molecule has 0 aliphatic carbocycles. The number of hydrogen-bond acceptors (Lipinski definition) is 10. The maximum Gasteiger partial charge on any atom is 0.490 e. The number of ether oxygens (including phenoxy) is 1. The number of anilines is 2. The van der Waals surface area contributed by atoms with Crippen molar-refractivity contribution in [3.8, 4) is 17.3 Å². The minimum Gasteiger partial charge on any atom is -0.480 e. The molecule has 0 radical (unpaired) electrons. The number of aliphatic carboxylic acids is 1. The number of sulfonamides is 1. The number of hydrogen-bond donors (Lipinski definition) is 3. The van der Waals surface area contributed by atoms with Gasteiger partial charge in [-0.3, -0.25) is 4.72 Å². The van der Waals surface area contributed by atoms with E-state index in [2.05, 4.69) is 29.9 Å². The van der Waals surface area contributed by atoms with E-state index in [1.54, 1.807) is 11.6 Å². The number of fused-ring (bicyclic) bond motifs is 1. The number of aryl methyl sites for hydroxylation is 1. The van der Waals surface area contributed by atoms with Gasteiger partial charge in [-0.05, 0) is 18.2 Å². The van der Waals surface area contributed by atoms with Crippen molar-refractivity contribution < 1.29 is 45.0 Å². The summed E-state index contributed by atoms with van der Waals surface area (Å²) in [4.78, 5) is 28.1. The van der Waals surface area contributed by atoms with E-state index >= 15 is 0 Å². The summed E-state index contributed by atoms with van der Waals surface area (Å²) in [6.45, 7) is 3.19. The normalized spacial score (nSPS) is 13.8. The third-order valence-electron chi connectivity index (χ3n) is 6.03. The van der Waals surface area contributed by atoms with Crippen LogP contribution in [0, 0.1) is 11.6 Å². The minimum atomic E-state index is -5.08. The molecule has 1 fully saturated rings. The Bertz CT molecular complexity index is 1760. The molecule has 3 aromatic heterocycles. The third kappa shape index (κ3) is 6.88. The topological polar surface area (TPSA) is 164 Å². The molecule has 1 saturated heterocycles. The van der Waals surface area contributed by atoms with Crippen molar-refractivity contribution in [2.24, 2.45) is 7.05 Å². The highest BCUT2D eigenvalue weighted by Gasteiger charge is 2.38. The van der Waals surface area contributed by atoms with Gasteiger partial charge in [0.25, 0.3) is 10.0 Å². The number of alkyl halides is 3. The number of nitrogens with one attached hydrogen (secondary N) is 2. The number of carboxylic acids is 1. The molecule has 0 saturated carbocycles. The van der Waals surface area contributed by atoms with Gasteiger partial charge in [-0.2, -0.15) is 13.2 Å². The van der Waals surface area contributed by atoms with Gasteiger partial charge in [-0.1, -0.05) is 0 Å². The van der Waals surface area contributed by atoms with E-state index in [1.807, 2.05) is 0 Å². The van der Waals surface area contributed by atoms with Gasteiger partial charge in [-0.25, -0.2) is 41.9 Å². The highest BCUT2D eigenvalue weighted by Crippen LogP contribution is 2.33. The molecule has 4 aromatic rings. The molecule has 0 amide bonds. The van der Waals surface area contributed by atoms with E-state index in [9.17, 15) is 30.4 Å². The summed E-state index contributed by atoms with van der Waals surface area (Å²) in [5.41, 5.74) is 1.61. The van der Waals surface area contributed by atoms with E-state index < -0.39 is 38.7 Å². The number of benzene rings is 1. The summed E-state index contributed by atoms with van der Waals surface area (Å²) < 4.78 is 94.2. The van der Waals surface area contributed by atoms with Crippen molar-refractivity contribution in [2.45, 2.75) is 11.1 Å². The molecule has 230 valence electrons. The predicted molar refractivity (Wildman–Crippen MR) is 142 cm³/mol. The predicted octanol–water partition coefficient (Wildman–Crippen LogP) is 2.56. The fourth-order valence-electron chi connectivity index (χ4n) is 4.06. The van der Waals surface area contributed by atoms with Crippen LogP contribution < -0.4 is 19.7 Å². The Morgan fingerprint density at radius 3 is 2.40 bits per heavy atom. The summed E-state index contributed by atoms with van der Waals surface area (Å²) in [6, 6.07) is 3.68. The molecule has 0 spiro atoms. The molecule has 43 heavy (non-hydrogen) atoms. The molecule has 0 bridgehead atoms. The minimum absolute atomic E-state index is 0.0371. The standard InChI is InChI=1S/C22H22F2N8O3S.C2HF3O2/c1-31-19(29-18-20(31)27-12-28-21(18)32-7-5-25-6-8-32)13-9-16(22(35-2)26-11-13)30-36(33,34)17-4-3-14(23)10-15(17)24;3-2(4,5)1(6)7/h3-4,9-12,25,30H,5-8H2,1-2H3;(H,6,7). The number of methoxy groups -OCH3 is 1. The molecule has 3 N–H and O–H groups in total. The van der Waals surface area contributed by atoms with Gasteiger partial charge in [-0.15, -0.1) is 0 Å². The second kappa shape index (κ2) is 12.3. The average Bonchev–Trinajstić information content (AvgIpc) is 3.29. The molecule has 1 aliphatic heterocycles. The molecule has 0 atom stereocenters. The third-order valence-corrected chi connectivity index (χ3v) is 7.42. The first-order valence-corrected chi connectivity index (χ1v) is 13.7. The number of nitrogens with zero attached hydrogens (tertiary/aromatic N) is 6. The van der Waals surface area contributed by atoms with Crippen molar-refractivity contribution in [3.05, 3.63) is 48.4 Å². The molecule has 1 aromatic carbocycles. The van der Waals surface area contributed by atoms with Crippen molar-refractivity contribution in [1.29, 1.82) is 0 Å². The summed E-state index contributed by atoms with van der Waals surface area (Å²) >= 11 is 0. The molecule has 13 nitrogen and oxygen atoms in total. The first-order chi connectivity index (χ1) is 20.2. The monoisotopic (exact) mass is 630 g/mol. The number of halogens is 5. The molecule has 5 rings (SSSR count). The van der Waals surface area contributed by atoms with Crippen LogP contribution in [0.2, 0.25) is 0 Å². The maximum absolute atomic E-state index is 14.2. The Morgan fingerprint density at radius 2 is 1.79 bits per heavy atom. The van der Waals surface area contributed by atoms with Gasteiger partial charge in [0, 0.05) is 51.1 Å². The lowest BCUT2D eigenvalue weighted by Gasteiger charge is -2.28. The fraction of sp³-hybridized carbons (Fsp3) is 0.292. The molecular formula is C24H23F5N8O5S. The SMILES string of the molecule is COc1ncc(-c2nc3c(N4CCNCC4)ncnc3n2C)cc1NS(=O)(=O)c1ccc(F)cc1F.O=C(O)C(F)(F)F. The van der Waals surface area contributed by atoms with Crippen LogP contribution in [-0.2, 0) is 21.9 Å². The summed E-state index contributed by atoms with van der Waals surface area (Å²) in [5.74, 6) is -3.74. The Hall–Kier alpha value is -4.65. The van der Waals surface area contributed by atoms with Gasteiger partial charge < -0.3 is 24.6 Å². The van der Waals surface area contributed by atoms with E-state index in [0.717, 1.165) is 38.3 Å². The highest BCUT2D eigenvalue weighted by atomic mass is 32.2. The summed E-state index contributed by atoms with van der Waals surface area (Å²) in [6.07, 6.45) is -2.12. The average molecular weight is 631 g/mol. The van der Waals surface area contributed by atoms with Gasteiger partial charge in [0.1, 0.15) is 34.4 Å². The van der Waals surface area contributed by atoms with Crippen LogP contribution >= 0.6 is 0 Å². The number of pyridine rings is 1. The number of aromatic nitrogens is 5. The molecule has 4 heterocycles. The number of carboxylic acid groups (broad SMARTS) is 1. The zero-order valence-electron chi connectivity index (χ0n) is 22.4. The molecule has 0 unspecified atom stereocenters. The van der Waals surface area contributed by atoms with E-state index in [1.165, 1.54) is 25.7 Å². The van der Waals surface area contributed by atoms with Gasteiger partial charge in [0.05, 0.1) is 7.11 Å². The largest absolute Gasteiger partial charge is 0.490 e. The smallest absolute Gasteiger partial charge is 0.480 e. The van der Waals surface area contributed by atoms with Crippen LogP contribution in [0.15, 0.2) is 41.7 Å². The summed E-state index contributed by atoms with van der Waals surface area (Å²) in [5, 5.41) is 10.4. The van der Waals surface area contributed by atoms with E-state index in [4.69, 9.17) is 19.6 Å². The number of piperazine rings is 1. The van der Waals surface area contributed by atoms with Crippen LogP contribution in [0.4, 0.5) is 33.5 Å². The zero-order chi connectivity index (χ0) is 31.5. The second-order valence-electron chi connectivity index (χ2n) is 8.86. The summed E-state index contributed by atoms with van der Waals surface area (Å²) in [7, 11) is -1.32. The van der Waals surface area contributed by atoms with Crippen LogP contribution in [0.1, 0.15) is 0 Å². The van der Waals surface area contributed by atoms with Gasteiger partial charge in [0.15, 0.2) is 17.0 Å². The lowest BCUT2D eigenvalue weighted by atomic mass is 10.2. The Morgan fingerprint density at radius 1 is 1.12 bits per heavy atom. The molecule has 1 aliphatic rings.